The zero-order valence-electron chi connectivity index (χ0n) is 27.3. The van der Waals surface area contributed by atoms with Gasteiger partial charge in [0.15, 0.2) is 0 Å². The number of methoxy groups -OCH3 is 1. The van der Waals surface area contributed by atoms with Crippen LogP contribution in [0.1, 0.15) is 38.2 Å². The van der Waals surface area contributed by atoms with Crippen LogP contribution in [0, 0.1) is 12.4 Å². The van der Waals surface area contributed by atoms with E-state index in [9.17, 15) is 22.4 Å². The number of carbonyl (C=O) groups is 1. The summed E-state index contributed by atoms with van der Waals surface area (Å²) >= 11 is 0.805. The Labute approximate surface area is 289 Å². The van der Waals surface area contributed by atoms with Crippen molar-refractivity contribution in [2.45, 2.75) is 62.6 Å². The molecule has 0 spiro atoms. The summed E-state index contributed by atoms with van der Waals surface area (Å²) in [6.07, 6.45) is -1.19. The number of carbonyl (C=O) groups excluding carboxylic acids is 1. The van der Waals surface area contributed by atoms with E-state index in [1.165, 1.54) is 18.2 Å². The average molecular weight is 711 g/mol. The van der Waals surface area contributed by atoms with Crippen LogP contribution in [-0.2, 0) is 15.7 Å². The van der Waals surface area contributed by atoms with E-state index in [-0.39, 0.29) is 78.9 Å². The van der Waals surface area contributed by atoms with Crippen LogP contribution >= 0.6 is 11.3 Å². The summed E-state index contributed by atoms with van der Waals surface area (Å²) in [7, 11) is 1.68. The number of alkyl halides is 3. The zero-order chi connectivity index (χ0) is 35.5. The lowest BCUT2D eigenvalue weighted by atomic mass is 9.94. The SMILES string of the molecule is [C-]#[N+]c1c(N)sc2c(F)ccc(-c3cc4nc(OCC56CCCN5CC(OC)C6)nc(OC5CCN(C(=O)C=C)C5C)c4cc3C(F)(F)F)c12. The van der Waals surface area contributed by atoms with Crippen LogP contribution < -0.4 is 15.2 Å². The molecule has 4 unspecified atom stereocenters. The number of ether oxygens (including phenoxy) is 3. The number of hydrogen-bond acceptors (Lipinski definition) is 9. The van der Waals surface area contributed by atoms with Crippen LogP contribution in [0.3, 0.4) is 0 Å². The van der Waals surface area contributed by atoms with Crippen molar-refractivity contribution in [3.63, 3.8) is 0 Å². The molecule has 262 valence electrons. The molecule has 0 radical (unpaired) electrons. The molecule has 3 saturated heterocycles. The number of hydrogen-bond donors (Lipinski definition) is 1. The van der Waals surface area contributed by atoms with Crippen LogP contribution in [0.25, 0.3) is 37.0 Å². The predicted octanol–water partition coefficient (Wildman–Crippen LogP) is 6.99. The molecule has 3 aliphatic rings. The first-order valence-electron chi connectivity index (χ1n) is 16.2. The molecule has 10 nitrogen and oxygen atoms in total. The van der Waals surface area contributed by atoms with E-state index in [2.05, 4.69) is 26.3 Å². The van der Waals surface area contributed by atoms with Crippen molar-refractivity contribution in [2.24, 2.45) is 0 Å². The third-order valence-corrected chi connectivity index (χ3v) is 11.3. The van der Waals surface area contributed by atoms with E-state index in [0.29, 0.717) is 13.0 Å². The second-order valence-corrected chi connectivity index (χ2v) is 14.0. The van der Waals surface area contributed by atoms with Crippen LogP contribution in [0.5, 0.6) is 11.9 Å². The van der Waals surface area contributed by atoms with E-state index < -0.39 is 29.7 Å². The van der Waals surface area contributed by atoms with Crippen molar-refractivity contribution in [3.05, 3.63) is 59.7 Å². The zero-order valence-corrected chi connectivity index (χ0v) is 28.2. The second kappa shape index (κ2) is 12.7. The van der Waals surface area contributed by atoms with E-state index in [4.69, 9.17) is 26.5 Å². The Morgan fingerprint density at radius 3 is 2.78 bits per heavy atom. The number of amides is 1. The molecule has 2 N–H and O–H groups in total. The molecular weight excluding hydrogens is 676 g/mol. The fourth-order valence-corrected chi connectivity index (χ4v) is 8.65. The standard InChI is InChI=1S/C35H34F4N6O4S/c1-5-27(46)45-12-9-26(18(45)2)49-32-22-13-23(35(37,38)39)21(20-7-8-24(36)30-28(20)29(41-3)31(40)50-30)14-25(22)42-33(43-32)48-17-34-10-6-11-44(34)16-19(15-34)47-4/h5,7-8,13-14,18-19,26H,1,6,9-12,15-17,40H2,2,4H3. The molecule has 50 heavy (non-hydrogen) atoms. The van der Waals surface area contributed by atoms with Gasteiger partial charge < -0.3 is 24.8 Å². The Kier molecular flexibility index (Phi) is 8.60. The summed E-state index contributed by atoms with van der Waals surface area (Å²) in [6, 6.07) is 3.93. The fraction of sp³-hybridized carbons (Fsp3) is 0.429. The highest BCUT2D eigenvalue weighted by Gasteiger charge is 2.49. The van der Waals surface area contributed by atoms with E-state index in [0.717, 1.165) is 55.8 Å². The molecule has 0 saturated carbocycles. The molecular formula is C35H34F4N6O4S. The largest absolute Gasteiger partial charge is 0.471 e. The van der Waals surface area contributed by atoms with Gasteiger partial charge in [-0.1, -0.05) is 12.6 Å². The molecule has 5 heterocycles. The van der Waals surface area contributed by atoms with Crippen molar-refractivity contribution in [1.82, 2.24) is 19.8 Å². The van der Waals surface area contributed by atoms with Gasteiger partial charge in [0.25, 0.3) is 0 Å². The van der Waals surface area contributed by atoms with Gasteiger partial charge in [0, 0.05) is 32.0 Å². The van der Waals surface area contributed by atoms with Crippen LogP contribution in [0.2, 0.25) is 0 Å². The number of fused-ring (bicyclic) bond motifs is 3. The Morgan fingerprint density at radius 2 is 2.06 bits per heavy atom. The number of benzene rings is 2. The second-order valence-electron chi connectivity index (χ2n) is 13.0. The Balaban J connectivity index is 1.38. The number of nitrogens with two attached hydrogens (primary N) is 1. The number of thiophene rings is 1. The monoisotopic (exact) mass is 710 g/mol. The molecule has 7 rings (SSSR count). The highest BCUT2D eigenvalue weighted by Crippen LogP contribution is 2.50. The topological polar surface area (TPSA) is 107 Å². The van der Waals surface area contributed by atoms with Crippen LogP contribution in [0.15, 0.2) is 36.9 Å². The normalized spacial score (nSPS) is 23.8. The Bertz CT molecular complexity index is 2070. The number of halogens is 4. The predicted molar refractivity (Wildman–Crippen MR) is 181 cm³/mol. The van der Waals surface area contributed by atoms with Crippen LogP contribution in [-0.4, -0.2) is 82.8 Å². The first-order chi connectivity index (χ1) is 23.9. The maximum Gasteiger partial charge on any atom is 0.417 e. The van der Waals surface area contributed by atoms with E-state index in [1.54, 1.807) is 18.9 Å². The number of likely N-dealkylation sites (tertiary alicyclic amines) is 1. The van der Waals surface area contributed by atoms with Crippen LogP contribution in [0.4, 0.5) is 28.3 Å². The molecule has 0 bridgehead atoms. The number of nitrogen functional groups attached to an aromatic ring is 1. The number of anilines is 1. The van der Waals surface area contributed by atoms with Gasteiger partial charge in [0.05, 0.1) is 50.4 Å². The molecule has 4 atom stereocenters. The minimum Gasteiger partial charge on any atom is -0.471 e. The van der Waals surface area contributed by atoms with Gasteiger partial charge in [-0.15, -0.1) is 11.3 Å². The van der Waals surface area contributed by atoms with E-state index in [1.807, 2.05) is 0 Å². The lowest BCUT2D eigenvalue weighted by molar-refractivity contribution is -0.137. The minimum absolute atomic E-state index is 0.00187. The van der Waals surface area contributed by atoms with E-state index >= 15 is 0 Å². The minimum atomic E-state index is -4.88. The van der Waals surface area contributed by atoms with Crippen molar-refractivity contribution in [1.29, 1.82) is 0 Å². The summed E-state index contributed by atoms with van der Waals surface area (Å²) < 4.78 is 77.9. The summed E-state index contributed by atoms with van der Waals surface area (Å²) in [4.78, 5) is 28.9. The van der Waals surface area contributed by atoms with Gasteiger partial charge in [-0.25, -0.2) is 9.24 Å². The van der Waals surface area contributed by atoms with Gasteiger partial charge >= 0.3 is 12.2 Å². The first kappa shape index (κ1) is 34.0. The average Bonchev–Trinajstić information content (AvgIpc) is 3.84. The number of nitrogens with zero attached hydrogens (tertiary/aromatic N) is 5. The molecule has 0 aliphatic carbocycles. The third-order valence-electron chi connectivity index (χ3n) is 10.3. The highest BCUT2D eigenvalue weighted by molar-refractivity contribution is 7.23. The molecule has 3 fully saturated rings. The van der Waals surface area contributed by atoms with Crippen molar-refractivity contribution < 1.29 is 36.6 Å². The summed E-state index contributed by atoms with van der Waals surface area (Å²) in [5, 5.41) is -0.0267. The summed E-state index contributed by atoms with van der Waals surface area (Å²) in [5.41, 5.74) is 4.30. The molecule has 1 amide bonds. The highest BCUT2D eigenvalue weighted by atomic mass is 32.1. The number of rotatable bonds is 8. The molecule has 2 aromatic carbocycles. The first-order valence-corrected chi connectivity index (χ1v) is 17.0. The third kappa shape index (κ3) is 5.69. The van der Waals surface area contributed by atoms with Gasteiger partial charge in [-0.05, 0) is 68.1 Å². The lowest BCUT2D eigenvalue weighted by Crippen LogP contribution is -2.43. The lowest BCUT2D eigenvalue weighted by Gasteiger charge is -2.31. The maximum absolute atomic E-state index is 14.9. The summed E-state index contributed by atoms with van der Waals surface area (Å²) in [5.74, 6) is -1.11. The van der Waals surface area contributed by atoms with Gasteiger partial charge in [-0.3, -0.25) is 9.69 Å². The molecule has 2 aromatic heterocycles. The molecule has 3 aliphatic heterocycles. The quantitative estimate of drug-likeness (QED) is 0.119. The van der Waals surface area contributed by atoms with Crippen molar-refractivity contribution >= 4 is 48.9 Å². The summed E-state index contributed by atoms with van der Waals surface area (Å²) in [6.45, 7) is 15.3. The van der Waals surface area contributed by atoms with Gasteiger partial charge in [0.2, 0.25) is 17.5 Å². The van der Waals surface area contributed by atoms with Crippen molar-refractivity contribution in [2.75, 3.05) is 39.1 Å². The van der Waals surface area contributed by atoms with Gasteiger partial charge in [-0.2, -0.15) is 23.1 Å². The molecule has 4 aromatic rings. The fourth-order valence-electron chi connectivity index (χ4n) is 7.71. The Morgan fingerprint density at radius 1 is 1.26 bits per heavy atom. The maximum atomic E-state index is 14.9. The van der Waals surface area contributed by atoms with Gasteiger partial charge in [0.1, 0.15) is 18.5 Å². The van der Waals surface area contributed by atoms with Crippen molar-refractivity contribution in [3.8, 4) is 23.0 Å². The smallest absolute Gasteiger partial charge is 0.417 e. The number of aromatic nitrogens is 2. The molecule has 15 heteroatoms. The Hall–Kier alpha value is -4.52.